The van der Waals surface area contributed by atoms with Gasteiger partial charge in [-0.25, -0.2) is 19.7 Å². The van der Waals surface area contributed by atoms with E-state index in [1.807, 2.05) is 0 Å². The standard InChI is InChI=1S/C9H10N4O4/c1-17-9(16)7(15)6(14)4-5-8(12-2-10-4)13-3-11-5/h2-3,6-7,14-15H,1H3,(H,10,11,12,13). The molecule has 2 aromatic heterocycles. The number of aliphatic hydroxyl groups is 2. The van der Waals surface area contributed by atoms with E-state index in [9.17, 15) is 15.0 Å². The molecule has 0 aliphatic heterocycles. The summed E-state index contributed by atoms with van der Waals surface area (Å²) >= 11 is 0. The van der Waals surface area contributed by atoms with Crippen LogP contribution in [0.15, 0.2) is 12.7 Å². The average Bonchev–Trinajstić information content (AvgIpc) is 2.83. The largest absolute Gasteiger partial charge is 0.467 e. The van der Waals surface area contributed by atoms with Gasteiger partial charge in [-0.3, -0.25) is 0 Å². The minimum atomic E-state index is -1.71. The Labute approximate surface area is 95.3 Å². The van der Waals surface area contributed by atoms with Gasteiger partial charge in [0.25, 0.3) is 0 Å². The first-order valence-corrected chi connectivity index (χ1v) is 4.73. The highest BCUT2D eigenvalue weighted by atomic mass is 16.5. The summed E-state index contributed by atoms with van der Waals surface area (Å²) in [5, 5.41) is 19.3. The maximum atomic E-state index is 11.1. The Balaban J connectivity index is 2.39. The van der Waals surface area contributed by atoms with Crippen molar-refractivity contribution < 1.29 is 19.7 Å². The monoisotopic (exact) mass is 238 g/mol. The molecule has 0 spiro atoms. The summed E-state index contributed by atoms with van der Waals surface area (Å²) in [4.78, 5) is 25.4. The molecule has 17 heavy (non-hydrogen) atoms. The van der Waals surface area contributed by atoms with Crippen LogP contribution in [-0.4, -0.2) is 49.3 Å². The zero-order valence-corrected chi connectivity index (χ0v) is 8.86. The number of carbonyl (C=O) groups excluding carboxylic acids is 1. The van der Waals surface area contributed by atoms with Crippen molar-refractivity contribution >= 4 is 17.1 Å². The first kappa shape index (κ1) is 11.4. The lowest BCUT2D eigenvalue weighted by Gasteiger charge is -2.15. The van der Waals surface area contributed by atoms with E-state index in [0.29, 0.717) is 11.2 Å². The number of methoxy groups -OCH3 is 1. The van der Waals surface area contributed by atoms with Crippen LogP contribution in [-0.2, 0) is 9.53 Å². The molecule has 2 rings (SSSR count). The van der Waals surface area contributed by atoms with Crippen molar-refractivity contribution in [1.82, 2.24) is 19.9 Å². The lowest BCUT2D eigenvalue weighted by molar-refractivity contribution is -0.156. The minimum absolute atomic E-state index is 0.0883. The third kappa shape index (κ3) is 1.95. The summed E-state index contributed by atoms with van der Waals surface area (Å²) < 4.78 is 4.33. The zero-order chi connectivity index (χ0) is 12.4. The molecule has 3 N–H and O–H groups in total. The second-order valence-electron chi connectivity index (χ2n) is 3.27. The molecule has 2 atom stereocenters. The Morgan fingerprint density at radius 1 is 1.41 bits per heavy atom. The van der Waals surface area contributed by atoms with Gasteiger partial charge in [-0.2, -0.15) is 0 Å². The van der Waals surface area contributed by atoms with Gasteiger partial charge in [-0.1, -0.05) is 0 Å². The SMILES string of the molecule is COC(=O)C(O)C(O)c1ncnc2nc[nH]c12. The molecule has 2 unspecified atom stereocenters. The number of aromatic nitrogens is 4. The second-order valence-corrected chi connectivity index (χ2v) is 3.27. The number of esters is 1. The molecule has 0 bridgehead atoms. The molecule has 0 aliphatic carbocycles. The second kappa shape index (κ2) is 4.44. The van der Waals surface area contributed by atoms with Gasteiger partial charge in [0, 0.05) is 0 Å². The molecular formula is C9H10N4O4. The lowest BCUT2D eigenvalue weighted by Crippen LogP contribution is -2.29. The third-order valence-corrected chi connectivity index (χ3v) is 2.27. The van der Waals surface area contributed by atoms with Crippen LogP contribution in [0.3, 0.4) is 0 Å². The molecule has 0 radical (unpaired) electrons. The molecular weight excluding hydrogens is 228 g/mol. The summed E-state index contributed by atoms with van der Waals surface area (Å²) in [6, 6.07) is 0. The fourth-order valence-electron chi connectivity index (χ4n) is 1.41. The number of imidazole rings is 1. The number of hydrogen-bond donors (Lipinski definition) is 3. The molecule has 2 aromatic rings. The van der Waals surface area contributed by atoms with E-state index in [1.165, 1.54) is 12.7 Å². The van der Waals surface area contributed by atoms with Crippen molar-refractivity contribution in [2.45, 2.75) is 12.2 Å². The van der Waals surface area contributed by atoms with Crippen LogP contribution in [0.2, 0.25) is 0 Å². The smallest absolute Gasteiger partial charge is 0.337 e. The number of nitrogens with zero attached hydrogens (tertiary/aromatic N) is 3. The van der Waals surface area contributed by atoms with E-state index in [-0.39, 0.29) is 5.69 Å². The Bertz CT molecular complexity index is 541. The summed E-state index contributed by atoms with van der Waals surface area (Å²) in [7, 11) is 1.12. The van der Waals surface area contributed by atoms with Crippen LogP contribution in [0.4, 0.5) is 0 Å². The Hall–Kier alpha value is -2.06. The number of aromatic amines is 1. The van der Waals surface area contributed by atoms with Gasteiger partial charge < -0.3 is 19.9 Å². The quantitative estimate of drug-likeness (QED) is 0.581. The zero-order valence-electron chi connectivity index (χ0n) is 8.86. The Morgan fingerprint density at radius 2 is 2.18 bits per heavy atom. The van der Waals surface area contributed by atoms with E-state index in [0.717, 1.165) is 7.11 Å². The van der Waals surface area contributed by atoms with Crippen molar-refractivity contribution in [2.24, 2.45) is 0 Å². The van der Waals surface area contributed by atoms with Crippen LogP contribution in [0.25, 0.3) is 11.2 Å². The minimum Gasteiger partial charge on any atom is -0.467 e. The number of rotatable bonds is 3. The highest BCUT2D eigenvalue weighted by molar-refractivity contribution is 5.78. The molecule has 0 fully saturated rings. The van der Waals surface area contributed by atoms with E-state index in [2.05, 4.69) is 24.7 Å². The lowest BCUT2D eigenvalue weighted by atomic mass is 10.1. The number of nitrogens with one attached hydrogen (secondary N) is 1. The van der Waals surface area contributed by atoms with Crippen LogP contribution >= 0.6 is 0 Å². The van der Waals surface area contributed by atoms with Crippen molar-refractivity contribution in [2.75, 3.05) is 7.11 Å². The molecule has 8 heteroatoms. The fourth-order valence-corrected chi connectivity index (χ4v) is 1.41. The van der Waals surface area contributed by atoms with Crippen molar-refractivity contribution in [3.05, 3.63) is 18.3 Å². The molecule has 0 aliphatic rings. The topological polar surface area (TPSA) is 121 Å². The highest BCUT2D eigenvalue weighted by Gasteiger charge is 2.29. The molecule has 8 nitrogen and oxygen atoms in total. The van der Waals surface area contributed by atoms with Crippen molar-refractivity contribution in [3.8, 4) is 0 Å². The third-order valence-electron chi connectivity index (χ3n) is 2.27. The number of aliphatic hydroxyl groups excluding tert-OH is 2. The average molecular weight is 238 g/mol. The predicted molar refractivity (Wildman–Crippen MR) is 54.7 cm³/mol. The predicted octanol–water partition coefficient (Wildman–Crippen LogP) is -1.08. The molecule has 90 valence electrons. The van der Waals surface area contributed by atoms with E-state index < -0.39 is 18.2 Å². The van der Waals surface area contributed by atoms with Gasteiger partial charge in [0.15, 0.2) is 11.8 Å². The number of fused-ring (bicyclic) bond motifs is 1. The number of carbonyl (C=O) groups is 1. The van der Waals surface area contributed by atoms with Gasteiger partial charge in [-0.05, 0) is 0 Å². The van der Waals surface area contributed by atoms with Gasteiger partial charge in [0.1, 0.15) is 23.6 Å². The summed E-state index contributed by atoms with van der Waals surface area (Å²) in [6.07, 6.45) is -0.652. The van der Waals surface area contributed by atoms with Gasteiger partial charge >= 0.3 is 5.97 Å². The normalized spacial score (nSPS) is 14.5. The maximum Gasteiger partial charge on any atom is 0.337 e. The fraction of sp³-hybridized carbons (Fsp3) is 0.333. The maximum absolute atomic E-state index is 11.1. The van der Waals surface area contributed by atoms with Gasteiger partial charge in [0.05, 0.1) is 13.4 Å². The van der Waals surface area contributed by atoms with E-state index >= 15 is 0 Å². The van der Waals surface area contributed by atoms with Crippen LogP contribution in [0.1, 0.15) is 11.8 Å². The molecule has 0 aromatic carbocycles. The highest BCUT2D eigenvalue weighted by Crippen LogP contribution is 2.20. The number of H-pyrrole nitrogens is 1. The molecule has 2 heterocycles. The van der Waals surface area contributed by atoms with E-state index in [1.54, 1.807) is 0 Å². The molecule has 0 amide bonds. The number of ether oxygens (including phenoxy) is 1. The number of hydrogen-bond acceptors (Lipinski definition) is 7. The van der Waals surface area contributed by atoms with Crippen molar-refractivity contribution in [1.29, 1.82) is 0 Å². The summed E-state index contributed by atoms with van der Waals surface area (Å²) in [5.41, 5.74) is 0.791. The molecule has 0 saturated carbocycles. The van der Waals surface area contributed by atoms with Crippen molar-refractivity contribution in [3.63, 3.8) is 0 Å². The first-order valence-electron chi connectivity index (χ1n) is 4.73. The van der Waals surface area contributed by atoms with Crippen LogP contribution in [0.5, 0.6) is 0 Å². The Morgan fingerprint density at radius 3 is 2.88 bits per heavy atom. The molecule has 0 saturated heterocycles. The van der Waals surface area contributed by atoms with Crippen LogP contribution in [0, 0.1) is 0 Å². The van der Waals surface area contributed by atoms with Gasteiger partial charge in [0.2, 0.25) is 0 Å². The summed E-state index contributed by atoms with van der Waals surface area (Å²) in [5.74, 6) is -0.941. The van der Waals surface area contributed by atoms with Gasteiger partial charge in [-0.15, -0.1) is 0 Å². The summed E-state index contributed by atoms with van der Waals surface area (Å²) in [6.45, 7) is 0. The van der Waals surface area contributed by atoms with E-state index in [4.69, 9.17) is 0 Å². The Kier molecular flexibility index (Phi) is 2.98. The first-order chi connectivity index (χ1) is 8.15. The van der Waals surface area contributed by atoms with Crippen LogP contribution < -0.4 is 0 Å².